The normalized spacial score (nSPS) is 21.1. The van der Waals surface area contributed by atoms with Gasteiger partial charge in [0.2, 0.25) is 0 Å². The van der Waals surface area contributed by atoms with Crippen LogP contribution in [0.3, 0.4) is 0 Å². The molecule has 3 rings (SSSR count). The minimum Gasteiger partial charge on any atom is -0.400 e. The first-order valence-electron chi connectivity index (χ1n) is 11.5. The number of nitrogens with zero attached hydrogens (tertiary/aromatic N) is 2. The maximum Gasteiger partial charge on any atom is 0.319 e. The fourth-order valence-electron chi connectivity index (χ4n) is 4.67. The van der Waals surface area contributed by atoms with E-state index in [-0.39, 0.29) is 30.4 Å². The largest absolute Gasteiger partial charge is 0.400 e. The number of aliphatic imine (C=N–C) groups is 1. The van der Waals surface area contributed by atoms with Crippen molar-refractivity contribution in [3.05, 3.63) is 47.2 Å². The van der Waals surface area contributed by atoms with Gasteiger partial charge in [-0.15, -0.1) is 0 Å². The van der Waals surface area contributed by atoms with E-state index in [9.17, 15) is 9.59 Å². The van der Waals surface area contributed by atoms with E-state index in [4.69, 9.17) is 16.2 Å². The summed E-state index contributed by atoms with van der Waals surface area (Å²) in [6.45, 7) is 4.24. The second-order valence-electron chi connectivity index (χ2n) is 10.4. The van der Waals surface area contributed by atoms with Gasteiger partial charge in [-0.05, 0) is 57.4 Å². The lowest BCUT2D eigenvalue weighted by atomic mass is 9.83. The third-order valence-corrected chi connectivity index (χ3v) is 10.2. The lowest BCUT2D eigenvalue weighted by molar-refractivity contribution is -0.122. The monoisotopic (exact) mass is 489 g/mol. The van der Waals surface area contributed by atoms with Gasteiger partial charge in [0.25, 0.3) is 5.91 Å². The first-order valence-corrected chi connectivity index (χ1v) is 14.4. The van der Waals surface area contributed by atoms with Gasteiger partial charge in [-0.25, -0.2) is 14.8 Å². The van der Waals surface area contributed by atoms with Crippen LogP contribution in [-0.4, -0.2) is 72.0 Å². The third-order valence-electron chi connectivity index (χ3n) is 7.31. The summed E-state index contributed by atoms with van der Waals surface area (Å²) >= 11 is 0. The molecule has 1 aromatic carbocycles. The summed E-state index contributed by atoms with van der Waals surface area (Å²) in [6, 6.07) is 9.05. The molecule has 0 radical (unpaired) electrons. The second kappa shape index (κ2) is 9.62. The number of ether oxygens (including phenoxy) is 1. The van der Waals surface area contributed by atoms with Crippen molar-refractivity contribution in [1.82, 2.24) is 10.2 Å². The van der Waals surface area contributed by atoms with Crippen molar-refractivity contribution in [2.24, 2.45) is 16.5 Å². The molecule has 1 unspecified atom stereocenters. The summed E-state index contributed by atoms with van der Waals surface area (Å²) in [6.07, 6.45) is 9.17. The van der Waals surface area contributed by atoms with Crippen LogP contribution in [0.2, 0.25) is 0 Å². The third kappa shape index (κ3) is 4.68. The Hall–Kier alpha value is -2.52. The lowest BCUT2D eigenvalue weighted by Crippen LogP contribution is -2.52. The predicted molar refractivity (Wildman–Crippen MR) is 140 cm³/mol. The SMILES string of the molecule is COCC(NC(=O)N1CC(C(N)=NC(=O)C2(S(C)(C)C)CCC2)=C(N)C1(C)C)c1ccccc1. The van der Waals surface area contributed by atoms with Gasteiger partial charge >= 0.3 is 6.03 Å². The number of hydrogen-bond donors (Lipinski definition) is 3. The fraction of sp³-hybridized carbons (Fsp3) is 0.560. The number of amidine groups is 1. The van der Waals surface area contributed by atoms with Crippen LogP contribution in [0.4, 0.5) is 4.79 Å². The van der Waals surface area contributed by atoms with Gasteiger partial charge in [-0.3, -0.25) is 4.79 Å². The molecule has 1 fully saturated rings. The first kappa shape index (κ1) is 26.1. The van der Waals surface area contributed by atoms with E-state index in [1.807, 2.05) is 44.2 Å². The minimum atomic E-state index is -1.15. The molecule has 0 aromatic heterocycles. The van der Waals surface area contributed by atoms with E-state index >= 15 is 0 Å². The van der Waals surface area contributed by atoms with Gasteiger partial charge in [-0.1, -0.05) is 30.3 Å². The van der Waals surface area contributed by atoms with Crippen LogP contribution in [0, 0.1) is 0 Å². The van der Waals surface area contributed by atoms with Crippen molar-refractivity contribution in [1.29, 1.82) is 0 Å². The molecule has 0 bridgehead atoms. The fourth-order valence-corrected chi connectivity index (χ4v) is 6.75. The summed E-state index contributed by atoms with van der Waals surface area (Å²) in [5.74, 6) is -0.0544. The highest BCUT2D eigenvalue weighted by Gasteiger charge is 2.51. The molecule has 188 valence electrons. The number of carbonyl (C=O) groups is 2. The Bertz CT molecular complexity index is 994. The van der Waals surface area contributed by atoms with Crippen molar-refractivity contribution >= 4 is 27.8 Å². The molecule has 1 atom stereocenters. The Morgan fingerprint density at radius 2 is 1.82 bits per heavy atom. The molecule has 8 nitrogen and oxygen atoms in total. The number of urea groups is 1. The summed E-state index contributed by atoms with van der Waals surface area (Å²) in [5, 5.41) is 3.05. The summed E-state index contributed by atoms with van der Waals surface area (Å²) in [7, 11) is 0.451. The topological polar surface area (TPSA) is 123 Å². The van der Waals surface area contributed by atoms with Crippen molar-refractivity contribution in [2.45, 2.75) is 49.4 Å². The second-order valence-corrected chi connectivity index (χ2v) is 14.8. The zero-order valence-corrected chi connectivity index (χ0v) is 22.0. The standard InChI is InChI=1S/C25H39N5O3S/c1-24(2)20(26)18(21(27)29-22(31)25(13-10-14-25)34(4,5)6)15-30(24)23(32)28-19(16-33-3)17-11-8-7-9-12-17/h7-9,11-12,19H,10,13-16,26H2,1-6H3,(H,28,32)(H2,27,29,31). The Morgan fingerprint density at radius 3 is 2.32 bits per heavy atom. The molecule has 0 saturated heterocycles. The van der Waals surface area contributed by atoms with E-state index in [2.05, 4.69) is 29.1 Å². The van der Waals surface area contributed by atoms with Gasteiger partial charge in [0.15, 0.2) is 0 Å². The number of hydrogen-bond acceptors (Lipinski definition) is 4. The zero-order chi connectivity index (χ0) is 25.3. The number of nitrogens with one attached hydrogen (secondary N) is 1. The molecule has 1 aliphatic heterocycles. The van der Waals surface area contributed by atoms with E-state index in [0.717, 1.165) is 24.8 Å². The van der Waals surface area contributed by atoms with Gasteiger partial charge in [0.1, 0.15) is 5.84 Å². The first-order chi connectivity index (χ1) is 15.8. The van der Waals surface area contributed by atoms with E-state index in [1.165, 1.54) is 0 Å². The molecular formula is C25H39N5O3S. The number of amides is 3. The molecule has 1 aromatic rings. The quantitative estimate of drug-likeness (QED) is 0.401. The van der Waals surface area contributed by atoms with Crippen molar-refractivity contribution in [2.75, 3.05) is 39.0 Å². The minimum absolute atomic E-state index is 0.109. The predicted octanol–water partition coefficient (Wildman–Crippen LogP) is 2.89. The summed E-state index contributed by atoms with van der Waals surface area (Å²) in [5.41, 5.74) is 13.9. The van der Waals surface area contributed by atoms with Crippen LogP contribution in [0.1, 0.15) is 44.7 Å². The number of carbonyl (C=O) groups excluding carboxylic acids is 2. The summed E-state index contributed by atoms with van der Waals surface area (Å²) < 4.78 is 4.92. The average Bonchev–Trinajstić information content (AvgIpc) is 2.95. The number of nitrogens with two attached hydrogens (primary N) is 2. The van der Waals surface area contributed by atoms with Crippen LogP contribution in [0.5, 0.6) is 0 Å². The van der Waals surface area contributed by atoms with Gasteiger partial charge < -0.3 is 26.4 Å². The van der Waals surface area contributed by atoms with Crippen LogP contribution in [0.15, 0.2) is 46.6 Å². The zero-order valence-electron chi connectivity index (χ0n) is 21.2. The van der Waals surface area contributed by atoms with Crippen molar-refractivity contribution < 1.29 is 14.3 Å². The Morgan fingerprint density at radius 1 is 1.21 bits per heavy atom. The van der Waals surface area contributed by atoms with Crippen molar-refractivity contribution in [3.8, 4) is 0 Å². The van der Waals surface area contributed by atoms with Gasteiger partial charge in [-0.2, -0.15) is 4.99 Å². The Kier molecular flexibility index (Phi) is 7.38. The lowest BCUT2D eigenvalue weighted by Gasteiger charge is -2.52. The van der Waals surface area contributed by atoms with Crippen LogP contribution >= 0.6 is 10.0 Å². The summed E-state index contributed by atoms with van der Waals surface area (Å²) in [4.78, 5) is 32.5. The Labute approximate surface area is 204 Å². The maximum atomic E-state index is 13.3. The molecular weight excluding hydrogens is 450 g/mol. The molecule has 3 amide bonds. The molecule has 34 heavy (non-hydrogen) atoms. The van der Waals surface area contributed by atoms with Gasteiger partial charge in [0, 0.05) is 18.4 Å². The highest BCUT2D eigenvalue weighted by molar-refractivity contribution is 8.33. The van der Waals surface area contributed by atoms with Crippen LogP contribution < -0.4 is 16.8 Å². The smallest absolute Gasteiger partial charge is 0.319 e. The van der Waals surface area contributed by atoms with E-state index in [0.29, 0.717) is 17.9 Å². The highest BCUT2D eigenvalue weighted by Crippen LogP contribution is 2.61. The van der Waals surface area contributed by atoms with Crippen LogP contribution in [0.25, 0.3) is 0 Å². The number of benzene rings is 1. The average molecular weight is 490 g/mol. The van der Waals surface area contributed by atoms with Crippen molar-refractivity contribution in [3.63, 3.8) is 0 Å². The molecule has 2 aliphatic rings. The highest BCUT2D eigenvalue weighted by atomic mass is 32.3. The maximum absolute atomic E-state index is 13.3. The molecule has 9 heteroatoms. The molecule has 1 saturated carbocycles. The van der Waals surface area contributed by atoms with Gasteiger partial charge in [0.05, 0.1) is 29.5 Å². The molecule has 1 aliphatic carbocycles. The Balaban J connectivity index is 1.81. The van der Waals surface area contributed by atoms with Crippen LogP contribution in [-0.2, 0) is 9.53 Å². The van der Waals surface area contributed by atoms with E-state index < -0.39 is 20.3 Å². The van der Waals surface area contributed by atoms with E-state index in [1.54, 1.807) is 12.0 Å². The molecule has 0 spiro atoms. The number of methoxy groups -OCH3 is 1. The molecule has 5 N–H and O–H groups in total. The number of rotatable bonds is 7. The molecule has 1 heterocycles.